The second kappa shape index (κ2) is 5.64. The van der Waals surface area contributed by atoms with Crippen molar-refractivity contribution in [1.29, 1.82) is 0 Å². The molecule has 1 saturated heterocycles. The van der Waals surface area contributed by atoms with Crippen LogP contribution in [-0.2, 0) is 6.42 Å². The maximum Gasteiger partial charge on any atom is 0.0666 e. The van der Waals surface area contributed by atoms with Gasteiger partial charge in [0, 0.05) is 0 Å². The quantitative estimate of drug-likeness (QED) is 0.855. The summed E-state index contributed by atoms with van der Waals surface area (Å²) in [5, 5.41) is 14.3. The summed E-state index contributed by atoms with van der Waals surface area (Å²) in [6.45, 7) is 2.02. The minimum Gasteiger partial charge on any atom is -0.390 e. The van der Waals surface area contributed by atoms with Crippen molar-refractivity contribution >= 4 is 0 Å². The lowest BCUT2D eigenvalue weighted by molar-refractivity contribution is 0.0112. The van der Waals surface area contributed by atoms with Gasteiger partial charge < -0.3 is 10.4 Å². The van der Waals surface area contributed by atoms with Crippen molar-refractivity contribution < 1.29 is 5.11 Å². The molecule has 2 unspecified atom stereocenters. The molecule has 2 N–H and O–H groups in total. The second-order valence-corrected chi connectivity index (χ2v) is 6.32. The molecule has 2 aliphatic rings. The van der Waals surface area contributed by atoms with Gasteiger partial charge in [-0.05, 0) is 75.1 Å². The average Bonchev–Trinajstić information content (AvgIpc) is 2.64. The van der Waals surface area contributed by atoms with E-state index in [-0.39, 0.29) is 0 Å². The third-order valence-corrected chi connectivity index (χ3v) is 4.88. The van der Waals surface area contributed by atoms with E-state index in [4.69, 9.17) is 0 Å². The van der Waals surface area contributed by atoms with Crippen LogP contribution in [0.25, 0.3) is 0 Å². The van der Waals surface area contributed by atoms with Crippen molar-refractivity contribution in [3.63, 3.8) is 0 Å². The van der Waals surface area contributed by atoms with Gasteiger partial charge in [0.25, 0.3) is 0 Å². The van der Waals surface area contributed by atoms with Crippen molar-refractivity contribution in [2.75, 3.05) is 13.1 Å². The molecule has 1 fully saturated rings. The predicted molar refractivity (Wildman–Crippen MR) is 78.4 cm³/mol. The Bertz CT molecular complexity index is 421. The van der Waals surface area contributed by atoms with Gasteiger partial charge in [-0.1, -0.05) is 24.3 Å². The summed E-state index contributed by atoms with van der Waals surface area (Å²) in [7, 11) is 0. The summed E-state index contributed by atoms with van der Waals surface area (Å²) >= 11 is 0. The van der Waals surface area contributed by atoms with E-state index >= 15 is 0 Å². The molecule has 19 heavy (non-hydrogen) atoms. The van der Waals surface area contributed by atoms with Gasteiger partial charge in [-0.3, -0.25) is 0 Å². The van der Waals surface area contributed by atoms with E-state index < -0.39 is 5.60 Å². The Kier molecular flexibility index (Phi) is 3.90. The molecule has 0 aromatic heterocycles. The molecular weight excluding hydrogens is 234 g/mol. The second-order valence-electron chi connectivity index (χ2n) is 6.32. The Morgan fingerprint density at radius 3 is 3.00 bits per heavy atom. The highest BCUT2D eigenvalue weighted by Gasteiger charge is 2.33. The standard InChI is InChI=1S/C17H25NO/c19-17(9-4-11-18-12-10-17)13-15-7-3-6-14-5-1-2-8-16(14)15/h1-2,5,8,15,18-19H,3-4,6-7,9-13H2. The van der Waals surface area contributed by atoms with Gasteiger partial charge in [-0.2, -0.15) is 0 Å². The van der Waals surface area contributed by atoms with Crippen LogP contribution in [0.5, 0.6) is 0 Å². The van der Waals surface area contributed by atoms with E-state index in [1.54, 1.807) is 0 Å². The van der Waals surface area contributed by atoms with Gasteiger partial charge in [0.1, 0.15) is 0 Å². The van der Waals surface area contributed by atoms with Crippen LogP contribution in [-0.4, -0.2) is 23.8 Å². The smallest absolute Gasteiger partial charge is 0.0666 e. The molecule has 0 amide bonds. The third kappa shape index (κ3) is 3.01. The van der Waals surface area contributed by atoms with Crippen LogP contribution in [0.4, 0.5) is 0 Å². The summed E-state index contributed by atoms with van der Waals surface area (Å²) in [4.78, 5) is 0. The number of benzene rings is 1. The van der Waals surface area contributed by atoms with Crippen LogP contribution in [0.3, 0.4) is 0 Å². The number of hydrogen-bond donors (Lipinski definition) is 2. The van der Waals surface area contributed by atoms with Crippen LogP contribution >= 0.6 is 0 Å². The van der Waals surface area contributed by atoms with Crippen molar-refractivity contribution in [2.45, 2.75) is 56.5 Å². The summed E-state index contributed by atoms with van der Waals surface area (Å²) < 4.78 is 0. The van der Waals surface area contributed by atoms with E-state index in [1.165, 1.54) is 30.4 Å². The summed E-state index contributed by atoms with van der Waals surface area (Å²) in [5.41, 5.74) is 2.56. The Hall–Kier alpha value is -0.860. The molecule has 1 aromatic rings. The zero-order valence-corrected chi connectivity index (χ0v) is 11.7. The van der Waals surface area contributed by atoms with Crippen molar-refractivity contribution in [3.05, 3.63) is 35.4 Å². The number of rotatable bonds is 2. The molecule has 2 heteroatoms. The maximum absolute atomic E-state index is 10.9. The third-order valence-electron chi connectivity index (χ3n) is 4.88. The number of hydrogen-bond acceptors (Lipinski definition) is 2. The van der Waals surface area contributed by atoms with Gasteiger partial charge in [0.2, 0.25) is 0 Å². The fourth-order valence-corrected chi connectivity index (χ4v) is 3.84. The molecule has 3 rings (SSSR count). The van der Waals surface area contributed by atoms with Crippen LogP contribution in [0.2, 0.25) is 0 Å². The number of aliphatic hydroxyl groups is 1. The van der Waals surface area contributed by atoms with E-state index in [0.29, 0.717) is 5.92 Å². The Balaban J connectivity index is 1.76. The lowest BCUT2D eigenvalue weighted by Gasteiger charge is -2.34. The highest BCUT2D eigenvalue weighted by Crippen LogP contribution is 2.39. The summed E-state index contributed by atoms with van der Waals surface area (Å²) in [6, 6.07) is 8.83. The van der Waals surface area contributed by atoms with Crippen molar-refractivity contribution in [1.82, 2.24) is 5.32 Å². The normalized spacial score (nSPS) is 31.5. The first-order valence-electron chi connectivity index (χ1n) is 7.78. The van der Waals surface area contributed by atoms with E-state index in [9.17, 15) is 5.11 Å². The largest absolute Gasteiger partial charge is 0.390 e. The van der Waals surface area contributed by atoms with Crippen LogP contribution in [0, 0.1) is 0 Å². The number of nitrogens with one attached hydrogen (secondary N) is 1. The van der Waals surface area contributed by atoms with Crippen LogP contribution in [0.1, 0.15) is 55.6 Å². The number of aryl methyl sites for hydroxylation is 1. The SMILES string of the molecule is OC1(CC2CCCc3ccccc32)CCCNCC1. The van der Waals surface area contributed by atoms with Crippen LogP contribution < -0.4 is 5.32 Å². The summed E-state index contributed by atoms with van der Waals surface area (Å²) in [5.74, 6) is 0.563. The van der Waals surface area contributed by atoms with Gasteiger partial charge >= 0.3 is 0 Å². The van der Waals surface area contributed by atoms with E-state index in [2.05, 4.69) is 29.6 Å². The maximum atomic E-state index is 10.9. The average molecular weight is 259 g/mol. The van der Waals surface area contributed by atoms with Crippen molar-refractivity contribution in [2.24, 2.45) is 0 Å². The molecule has 0 saturated carbocycles. The molecule has 0 bridgehead atoms. The Labute approximate surface area is 116 Å². The molecule has 0 spiro atoms. The molecule has 2 atom stereocenters. The zero-order valence-electron chi connectivity index (χ0n) is 11.7. The van der Waals surface area contributed by atoms with Gasteiger partial charge in [-0.25, -0.2) is 0 Å². The molecule has 1 aliphatic heterocycles. The zero-order chi connectivity index (χ0) is 13.1. The minimum atomic E-state index is -0.446. The highest BCUT2D eigenvalue weighted by molar-refractivity contribution is 5.32. The molecule has 1 aliphatic carbocycles. The first kappa shape index (κ1) is 13.1. The van der Waals surface area contributed by atoms with Crippen LogP contribution in [0.15, 0.2) is 24.3 Å². The topological polar surface area (TPSA) is 32.3 Å². The first-order chi connectivity index (χ1) is 9.27. The Morgan fingerprint density at radius 1 is 1.16 bits per heavy atom. The Morgan fingerprint density at radius 2 is 2.05 bits per heavy atom. The summed E-state index contributed by atoms with van der Waals surface area (Å²) in [6.07, 6.45) is 7.65. The first-order valence-corrected chi connectivity index (χ1v) is 7.78. The van der Waals surface area contributed by atoms with E-state index in [0.717, 1.165) is 38.8 Å². The minimum absolute atomic E-state index is 0.446. The fourth-order valence-electron chi connectivity index (χ4n) is 3.84. The molecule has 2 nitrogen and oxygen atoms in total. The lowest BCUT2D eigenvalue weighted by atomic mass is 9.75. The molecule has 1 aromatic carbocycles. The molecule has 0 radical (unpaired) electrons. The van der Waals surface area contributed by atoms with Crippen molar-refractivity contribution in [3.8, 4) is 0 Å². The molecular formula is C17H25NO. The fraction of sp³-hybridized carbons (Fsp3) is 0.647. The lowest BCUT2D eigenvalue weighted by Crippen LogP contribution is -2.32. The number of fused-ring (bicyclic) bond motifs is 1. The highest BCUT2D eigenvalue weighted by atomic mass is 16.3. The van der Waals surface area contributed by atoms with Gasteiger partial charge in [0.05, 0.1) is 5.60 Å². The monoisotopic (exact) mass is 259 g/mol. The molecule has 104 valence electrons. The van der Waals surface area contributed by atoms with Gasteiger partial charge in [0.15, 0.2) is 0 Å². The predicted octanol–water partition coefficient (Wildman–Crippen LogP) is 3.00. The van der Waals surface area contributed by atoms with E-state index in [1.807, 2.05) is 0 Å². The van der Waals surface area contributed by atoms with Gasteiger partial charge in [-0.15, -0.1) is 0 Å². The molecule has 1 heterocycles.